The fourth-order valence-electron chi connectivity index (χ4n) is 3.59. The average Bonchev–Trinajstić information content (AvgIpc) is 3.21. The van der Waals surface area contributed by atoms with Gasteiger partial charge >= 0.3 is 0 Å². The number of para-hydroxylation sites is 1. The first-order valence-electron chi connectivity index (χ1n) is 10.5. The van der Waals surface area contributed by atoms with Gasteiger partial charge in [0.25, 0.3) is 0 Å². The van der Waals surface area contributed by atoms with Crippen LogP contribution in [0.2, 0.25) is 0 Å². The lowest BCUT2D eigenvalue weighted by Gasteiger charge is -2.21. The molecule has 2 unspecified atom stereocenters. The number of carbonyl (C=O) groups excluding carboxylic acids is 2. The molecule has 0 bridgehead atoms. The van der Waals surface area contributed by atoms with E-state index in [0.717, 1.165) is 11.4 Å². The van der Waals surface area contributed by atoms with E-state index in [0.29, 0.717) is 24.3 Å². The number of anilines is 3. The third-order valence-electron chi connectivity index (χ3n) is 5.26. The molecule has 3 aromatic carbocycles. The van der Waals surface area contributed by atoms with Gasteiger partial charge in [-0.2, -0.15) is 0 Å². The van der Waals surface area contributed by atoms with Gasteiger partial charge in [0.15, 0.2) is 6.29 Å². The summed E-state index contributed by atoms with van der Waals surface area (Å²) in [7, 11) is 0. The predicted octanol–water partition coefficient (Wildman–Crippen LogP) is 3.38. The van der Waals surface area contributed by atoms with E-state index in [1.165, 1.54) is 0 Å². The van der Waals surface area contributed by atoms with Crippen LogP contribution in [0.4, 0.5) is 17.1 Å². The highest BCUT2D eigenvalue weighted by atomic mass is 16.6. The Labute approximate surface area is 186 Å². The van der Waals surface area contributed by atoms with Crippen molar-refractivity contribution in [3.05, 3.63) is 90.5 Å². The van der Waals surface area contributed by atoms with Crippen LogP contribution in [-0.4, -0.2) is 35.9 Å². The fourth-order valence-corrected chi connectivity index (χ4v) is 3.59. The van der Waals surface area contributed by atoms with Gasteiger partial charge in [-0.15, -0.1) is 0 Å². The highest BCUT2D eigenvalue weighted by Gasteiger charge is 2.34. The average molecular weight is 431 g/mol. The molecule has 0 aromatic heterocycles. The molecule has 4 rings (SSSR count). The minimum Gasteiger partial charge on any atom is -0.366 e. The number of amides is 2. The van der Waals surface area contributed by atoms with Gasteiger partial charge in [-0.3, -0.25) is 9.59 Å². The molecular formula is C25H25N3O4. The summed E-state index contributed by atoms with van der Waals surface area (Å²) < 4.78 is 5.10. The van der Waals surface area contributed by atoms with Crippen molar-refractivity contribution in [1.82, 2.24) is 5.32 Å². The Morgan fingerprint density at radius 1 is 0.812 bits per heavy atom. The van der Waals surface area contributed by atoms with Gasteiger partial charge in [-0.1, -0.05) is 48.5 Å². The monoisotopic (exact) mass is 431 g/mol. The highest BCUT2D eigenvalue weighted by Crippen LogP contribution is 2.23. The van der Waals surface area contributed by atoms with Crippen molar-refractivity contribution in [3.63, 3.8) is 0 Å². The largest absolute Gasteiger partial charge is 0.366 e. The molecule has 0 radical (unpaired) electrons. The minimum absolute atomic E-state index is 0.359. The number of aliphatic hydroxyl groups is 1. The van der Waals surface area contributed by atoms with Crippen LogP contribution in [0.25, 0.3) is 0 Å². The molecule has 1 saturated heterocycles. The van der Waals surface area contributed by atoms with Gasteiger partial charge in [0.2, 0.25) is 11.8 Å². The van der Waals surface area contributed by atoms with Crippen molar-refractivity contribution in [2.45, 2.75) is 24.7 Å². The van der Waals surface area contributed by atoms with Crippen molar-refractivity contribution in [3.8, 4) is 0 Å². The molecule has 0 spiro atoms. The third-order valence-corrected chi connectivity index (χ3v) is 5.26. The summed E-state index contributed by atoms with van der Waals surface area (Å²) in [5, 5.41) is 18.7. The first-order chi connectivity index (χ1) is 15.6. The van der Waals surface area contributed by atoms with Gasteiger partial charge in [0.1, 0.15) is 5.92 Å². The number of carbonyl (C=O) groups is 2. The Morgan fingerprint density at radius 2 is 1.41 bits per heavy atom. The van der Waals surface area contributed by atoms with Gasteiger partial charge in [0.05, 0.1) is 12.6 Å². The molecule has 164 valence electrons. The van der Waals surface area contributed by atoms with Gasteiger partial charge in [-0.25, -0.2) is 0 Å². The second kappa shape index (κ2) is 10.1. The maximum atomic E-state index is 13.1. The zero-order valence-corrected chi connectivity index (χ0v) is 17.4. The Balaban J connectivity index is 1.46. The van der Waals surface area contributed by atoms with Gasteiger partial charge < -0.3 is 25.8 Å². The minimum atomic E-state index is -1.07. The molecule has 1 aliphatic rings. The molecule has 7 heteroatoms. The summed E-state index contributed by atoms with van der Waals surface area (Å²) >= 11 is 0. The lowest BCUT2D eigenvalue weighted by atomic mass is 9.96. The van der Waals surface area contributed by atoms with E-state index in [2.05, 4.69) is 16.0 Å². The number of hydrogen-bond acceptors (Lipinski definition) is 5. The van der Waals surface area contributed by atoms with Crippen LogP contribution in [-0.2, 0) is 14.3 Å². The number of hydrogen-bond donors (Lipinski definition) is 4. The summed E-state index contributed by atoms with van der Waals surface area (Å²) in [6, 6.07) is 25.3. The first kappa shape index (κ1) is 21.5. The van der Waals surface area contributed by atoms with Crippen molar-refractivity contribution >= 4 is 28.9 Å². The Hall–Kier alpha value is -3.68. The number of rotatable bonds is 7. The van der Waals surface area contributed by atoms with E-state index in [-0.39, 0.29) is 0 Å². The van der Waals surface area contributed by atoms with Crippen LogP contribution in [0.5, 0.6) is 0 Å². The molecule has 4 N–H and O–H groups in total. The molecule has 2 amide bonds. The van der Waals surface area contributed by atoms with Crippen LogP contribution in [0.1, 0.15) is 17.9 Å². The molecule has 1 fully saturated rings. The summed E-state index contributed by atoms with van der Waals surface area (Å²) in [5.74, 6) is -2.00. The van der Waals surface area contributed by atoms with Crippen LogP contribution >= 0.6 is 0 Å². The zero-order valence-electron chi connectivity index (χ0n) is 17.4. The number of nitrogens with one attached hydrogen (secondary N) is 3. The Morgan fingerprint density at radius 3 is 2.03 bits per heavy atom. The molecule has 3 aromatic rings. The topological polar surface area (TPSA) is 99.7 Å². The maximum absolute atomic E-state index is 13.1. The smallest absolute Gasteiger partial charge is 0.241 e. The van der Waals surface area contributed by atoms with E-state index >= 15 is 0 Å². The van der Waals surface area contributed by atoms with Crippen LogP contribution in [0.15, 0.2) is 84.9 Å². The van der Waals surface area contributed by atoms with Crippen molar-refractivity contribution in [2.75, 3.05) is 17.2 Å². The Bertz CT molecular complexity index is 1040. The van der Waals surface area contributed by atoms with E-state index in [1.807, 2.05) is 48.5 Å². The van der Waals surface area contributed by atoms with E-state index in [9.17, 15) is 14.7 Å². The summed E-state index contributed by atoms with van der Waals surface area (Å²) in [6.07, 6.45) is -0.575. The predicted molar refractivity (Wildman–Crippen MR) is 122 cm³/mol. The van der Waals surface area contributed by atoms with Crippen LogP contribution in [0.3, 0.4) is 0 Å². The summed E-state index contributed by atoms with van der Waals surface area (Å²) in [5.41, 5.74) is 2.98. The molecule has 3 atom stereocenters. The standard InChI is InChI=1S/C25H25N3O4/c29-23(27-20-13-11-19(12-14-20)26-18-9-5-2-6-10-18)22(17-7-3-1-4-8-17)24(30)28-21-15-16-32-25(21)31/h1-14,21-22,25-26,31H,15-16H2,(H,27,29)(H,28,30)/t21-,22?,25?/m0/s1. The molecule has 32 heavy (non-hydrogen) atoms. The molecule has 0 saturated carbocycles. The highest BCUT2D eigenvalue weighted by molar-refractivity contribution is 6.11. The molecule has 1 aliphatic heterocycles. The van der Waals surface area contributed by atoms with Crippen molar-refractivity contribution in [2.24, 2.45) is 0 Å². The number of benzene rings is 3. The zero-order chi connectivity index (χ0) is 22.3. The molecule has 0 aliphatic carbocycles. The fraction of sp³-hybridized carbons (Fsp3) is 0.200. The lowest BCUT2D eigenvalue weighted by molar-refractivity contribution is -0.132. The van der Waals surface area contributed by atoms with Gasteiger partial charge in [0, 0.05) is 17.1 Å². The molecule has 1 heterocycles. The van der Waals surface area contributed by atoms with Gasteiger partial charge in [-0.05, 0) is 48.4 Å². The number of ether oxygens (including phenoxy) is 1. The normalized spacial score (nSPS) is 18.5. The third kappa shape index (κ3) is 5.32. The molecular weight excluding hydrogens is 406 g/mol. The van der Waals surface area contributed by atoms with Crippen molar-refractivity contribution in [1.29, 1.82) is 0 Å². The Kier molecular flexibility index (Phi) is 6.79. The second-order valence-corrected chi connectivity index (χ2v) is 7.57. The first-order valence-corrected chi connectivity index (χ1v) is 10.5. The quantitative estimate of drug-likeness (QED) is 0.430. The number of aliphatic hydroxyl groups excluding tert-OH is 1. The van der Waals surface area contributed by atoms with E-state index in [1.54, 1.807) is 36.4 Å². The maximum Gasteiger partial charge on any atom is 0.241 e. The SMILES string of the molecule is O=C(Nc1ccc(Nc2ccccc2)cc1)C(C(=O)N[C@H]1CCOC1O)c1ccccc1. The summed E-state index contributed by atoms with van der Waals surface area (Å²) in [4.78, 5) is 26.1. The van der Waals surface area contributed by atoms with Crippen LogP contribution in [0, 0.1) is 0 Å². The summed E-state index contributed by atoms with van der Waals surface area (Å²) in [6.45, 7) is 0.359. The second-order valence-electron chi connectivity index (χ2n) is 7.57. The van der Waals surface area contributed by atoms with Crippen molar-refractivity contribution < 1.29 is 19.4 Å². The lowest BCUT2D eigenvalue weighted by Crippen LogP contribution is -2.45. The van der Waals surface area contributed by atoms with E-state index in [4.69, 9.17) is 4.74 Å². The van der Waals surface area contributed by atoms with Crippen LogP contribution < -0.4 is 16.0 Å². The van der Waals surface area contributed by atoms with E-state index < -0.39 is 30.1 Å². The molecule has 7 nitrogen and oxygen atoms in total.